The number of nitrogens with zero attached hydrogens (tertiary/aromatic N) is 1. The van der Waals surface area contributed by atoms with E-state index >= 15 is 0 Å². The van der Waals surface area contributed by atoms with Crippen LogP contribution in [-0.4, -0.2) is 42.1 Å². The van der Waals surface area contributed by atoms with Crippen molar-refractivity contribution in [3.8, 4) is 0 Å². The predicted molar refractivity (Wildman–Crippen MR) is 90.2 cm³/mol. The van der Waals surface area contributed by atoms with E-state index in [9.17, 15) is 4.79 Å². The van der Waals surface area contributed by atoms with Crippen molar-refractivity contribution >= 4 is 16.8 Å². The second-order valence-electron chi connectivity index (χ2n) is 6.96. The summed E-state index contributed by atoms with van der Waals surface area (Å²) >= 11 is 0. The highest BCUT2D eigenvalue weighted by molar-refractivity contribution is 5.80. The maximum absolute atomic E-state index is 12.5. The summed E-state index contributed by atoms with van der Waals surface area (Å²) in [6.45, 7) is 3.01. The van der Waals surface area contributed by atoms with E-state index in [0.717, 1.165) is 39.0 Å². The third kappa shape index (κ3) is 3.13. The third-order valence-electron chi connectivity index (χ3n) is 5.25. The number of carbonyl (C=O) groups is 1. The predicted octanol–water partition coefficient (Wildman–Crippen LogP) is 2.99. The molecule has 4 nitrogen and oxygen atoms in total. The van der Waals surface area contributed by atoms with Crippen LogP contribution in [0.1, 0.15) is 24.8 Å². The van der Waals surface area contributed by atoms with Crippen molar-refractivity contribution in [2.24, 2.45) is 11.8 Å². The minimum Gasteiger partial charge on any atom is -0.379 e. The summed E-state index contributed by atoms with van der Waals surface area (Å²) < 4.78 is 5.76. The molecule has 1 aliphatic carbocycles. The lowest BCUT2D eigenvalue weighted by molar-refractivity contribution is -0.138. The summed E-state index contributed by atoms with van der Waals surface area (Å²) in [5.74, 6) is 1.02. The second kappa shape index (κ2) is 6.36. The number of nitrogens with one attached hydrogen (secondary N) is 1. The van der Waals surface area contributed by atoms with E-state index in [-0.39, 0.29) is 5.92 Å². The maximum atomic E-state index is 12.5. The normalized spacial score (nSPS) is 22.8. The smallest absolute Gasteiger partial charge is 0.225 e. The Morgan fingerprint density at radius 1 is 1.30 bits per heavy atom. The van der Waals surface area contributed by atoms with Crippen LogP contribution in [0.4, 0.5) is 0 Å². The van der Waals surface area contributed by atoms with Crippen LogP contribution < -0.4 is 0 Å². The van der Waals surface area contributed by atoms with E-state index in [0.29, 0.717) is 18.4 Å². The number of benzene rings is 1. The Morgan fingerprint density at radius 2 is 2.22 bits per heavy atom. The zero-order valence-electron chi connectivity index (χ0n) is 13.5. The fraction of sp³-hybridized carbons (Fsp3) is 0.526. The molecule has 0 unspecified atom stereocenters. The van der Waals surface area contributed by atoms with Gasteiger partial charge in [0.2, 0.25) is 5.91 Å². The molecule has 1 aromatic carbocycles. The first-order chi connectivity index (χ1) is 11.3. The fourth-order valence-corrected chi connectivity index (χ4v) is 3.68. The zero-order chi connectivity index (χ0) is 15.6. The number of fused-ring (bicyclic) bond motifs is 1. The molecule has 1 aromatic heterocycles. The number of hydrogen-bond donors (Lipinski definition) is 1. The van der Waals surface area contributed by atoms with Gasteiger partial charge in [-0.15, -0.1) is 0 Å². The third-order valence-corrected chi connectivity index (χ3v) is 5.25. The molecule has 2 aromatic rings. The number of aromatic amines is 1. The van der Waals surface area contributed by atoms with Crippen molar-refractivity contribution in [1.82, 2.24) is 9.88 Å². The Balaban J connectivity index is 1.45. The van der Waals surface area contributed by atoms with E-state index in [4.69, 9.17) is 4.74 Å². The van der Waals surface area contributed by atoms with Gasteiger partial charge in [0.05, 0.1) is 13.2 Å². The fourth-order valence-electron chi connectivity index (χ4n) is 3.68. The standard InChI is InChI=1S/C19H24N2O2/c22-19(16-2-1-3-16)21-8-9-23-13-15(12-21)10-14-4-5-18-17(11-14)6-7-20-18/h4-7,11,15-16,20H,1-3,8-10,12-13H2/t15-/m1/s1. The van der Waals surface area contributed by atoms with Gasteiger partial charge in [0.25, 0.3) is 0 Å². The molecule has 1 saturated carbocycles. The van der Waals surface area contributed by atoms with Crippen LogP contribution in [0.5, 0.6) is 0 Å². The van der Waals surface area contributed by atoms with Crippen molar-refractivity contribution in [3.05, 3.63) is 36.0 Å². The summed E-state index contributed by atoms with van der Waals surface area (Å²) in [6.07, 6.45) is 6.30. The SMILES string of the molecule is O=C(C1CCC1)N1CCOC[C@H](Cc2ccc3[nH]ccc3c2)C1. The van der Waals surface area contributed by atoms with Crippen molar-refractivity contribution < 1.29 is 9.53 Å². The van der Waals surface area contributed by atoms with Gasteiger partial charge in [-0.2, -0.15) is 0 Å². The van der Waals surface area contributed by atoms with Crippen molar-refractivity contribution in [3.63, 3.8) is 0 Å². The van der Waals surface area contributed by atoms with E-state index in [1.165, 1.54) is 22.9 Å². The highest BCUT2D eigenvalue weighted by atomic mass is 16.5. The van der Waals surface area contributed by atoms with Gasteiger partial charge in [-0.05, 0) is 48.4 Å². The second-order valence-corrected chi connectivity index (χ2v) is 6.96. The van der Waals surface area contributed by atoms with Crippen LogP contribution in [-0.2, 0) is 16.0 Å². The van der Waals surface area contributed by atoms with Crippen LogP contribution in [0.2, 0.25) is 0 Å². The monoisotopic (exact) mass is 312 g/mol. The first kappa shape index (κ1) is 14.8. The first-order valence-corrected chi connectivity index (χ1v) is 8.72. The van der Waals surface area contributed by atoms with E-state index in [2.05, 4.69) is 34.1 Å². The van der Waals surface area contributed by atoms with Gasteiger partial charge < -0.3 is 14.6 Å². The zero-order valence-corrected chi connectivity index (χ0v) is 13.5. The number of aromatic nitrogens is 1. The van der Waals surface area contributed by atoms with Gasteiger partial charge in [0.15, 0.2) is 0 Å². The van der Waals surface area contributed by atoms with E-state index in [1.807, 2.05) is 6.20 Å². The molecular formula is C19H24N2O2. The highest BCUT2D eigenvalue weighted by Gasteiger charge is 2.31. The molecule has 1 aliphatic heterocycles. The summed E-state index contributed by atoms with van der Waals surface area (Å²) in [5, 5.41) is 1.25. The number of ether oxygens (including phenoxy) is 1. The largest absolute Gasteiger partial charge is 0.379 e. The number of H-pyrrole nitrogens is 1. The molecule has 1 saturated heterocycles. The van der Waals surface area contributed by atoms with Gasteiger partial charge in [0, 0.05) is 36.6 Å². The quantitative estimate of drug-likeness (QED) is 0.947. The van der Waals surface area contributed by atoms with Crippen molar-refractivity contribution in [2.45, 2.75) is 25.7 Å². The van der Waals surface area contributed by atoms with Crippen LogP contribution in [0.15, 0.2) is 30.5 Å². The maximum Gasteiger partial charge on any atom is 0.225 e. The molecule has 0 radical (unpaired) electrons. The van der Waals surface area contributed by atoms with Crippen molar-refractivity contribution in [2.75, 3.05) is 26.3 Å². The van der Waals surface area contributed by atoms with Gasteiger partial charge >= 0.3 is 0 Å². The molecule has 0 bridgehead atoms. The lowest BCUT2D eigenvalue weighted by atomic mass is 9.84. The van der Waals surface area contributed by atoms with Crippen LogP contribution in [0.25, 0.3) is 10.9 Å². The highest BCUT2D eigenvalue weighted by Crippen LogP contribution is 2.29. The van der Waals surface area contributed by atoms with Gasteiger partial charge in [-0.1, -0.05) is 12.5 Å². The Labute approximate surface area is 136 Å². The molecule has 4 rings (SSSR count). The molecule has 23 heavy (non-hydrogen) atoms. The Bertz CT molecular complexity index is 689. The molecule has 2 fully saturated rings. The van der Waals surface area contributed by atoms with Crippen LogP contribution in [0, 0.1) is 11.8 Å². The Morgan fingerprint density at radius 3 is 3.04 bits per heavy atom. The van der Waals surface area contributed by atoms with E-state index < -0.39 is 0 Å². The number of carbonyl (C=O) groups excluding carboxylic acids is 1. The summed E-state index contributed by atoms with van der Waals surface area (Å²) in [4.78, 5) is 17.8. The number of rotatable bonds is 3. The molecule has 1 N–H and O–H groups in total. The minimum absolute atomic E-state index is 0.282. The summed E-state index contributed by atoms with van der Waals surface area (Å²) in [7, 11) is 0. The topological polar surface area (TPSA) is 45.3 Å². The van der Waals surface area contributed by atoms with E-state index in [1.54, 1.807) is 0 Å². The van der Waals surface area contributed by atoms with Gasteiger partial charge in [-0.3, -0.25) is 4.79 Å². The molecule has 122 valence electrons. The average Bonchev–Trinajstić information content (AvgIpc) is 2.83. The molecule has 4 heteroatoms. The molecular weight excluding hydrogens is 288 g/mol. The minimum atomic E-state index is 0.282. The average molecular weight is 312 g/mol. The van der Waals surface area contributed by atoms with Gasteiger partial charge in [0.1, 0.15) is 0 Å². The van der Waals surface area contributed by atoms with Crippen molar-refractivity contribution in [1.29, 1.82) is 0 Å². The molecule has 0 spiro atoms. The molecule has 1 amide bonds. The summed E-state index contributed by atoms with van der Waals surface area (Å²) in [6, 6.07) is 8.67. The lowest BCUT2D eigenvalue weighted by Crippen LogP contribution is -2.42. The Kier molecular flexibility index (Phi) is 4.08. The summed E-state index contributed by atoms with van der Waals surface area (Å²) in [5.41, 5.74) is 2.50. The molecule has 2 heterocycles. The molecule has 2 aliphatic rings. The van der Waals surface area contributed by atoms with Crippen LogP contribution >= 0.6 is 0 Å². The van der Waals surface area contributed by atoms with Gasteiger partial charge in [-0.25, -0.2) is 0 Å². The molecule has 1 atom stereocenters. The number of amides is 1. The first-order valence-electron chi connectivity index (χ1n) is 8.72. The Hall–Kier alpha value is -1.81. The lowest BCUT2D eigenvalue weighted by Gasteiger charge is -2.32. The number of hydrogen-bond acceptors (Lipinski definition) is 2. The van der Waals surface area contributed by atoms with Crippen LogP contribution in [0.3, 0.4) is 0 Å².